The molecule has 218 valence electrons. The van der Waals surface area contributed by atoms with E-state index in [0.717, 1.165) is 5.56 Å². The van der Waals surface area contributed by atoms with Gasteiger partial charge in [0.15, 0.2) is 0 Å². The molecule has 3 atom stereocenters. The van der Waals surface area contributed by atoms with E-state index < -0.39 is 22.5 Å². The first-order chi connectivity index (χ1) is 18.0. The maximum absolute atomic E-state index is 13.4. The van der Waals surface area contributed by atoms with Gasteiger partial charge >= 0.3 is 6.09 Å². The minimum Gasteiger partial charge on any atom is -0.444 e. The number of aliphatic hydroxyl groups is 1. The van der Waals surface area contributed by atoms with Crippen molar-refractivity contribution in [3.05, 3.63) is 34.9 Å². The molecule has 1 unspecified atom stereocenters. The van der Waals surface area contributed by atoms with Gasteiger partial charge in [0, 0.05) is 55.7 Å². The molecule has 0 bridgehead atoms. The maximum atomic E-state index is 13.4. The number of carbonyl (C=O) groups excluding carboxylic acids is 3. The minimum atomic E-state index is -1.08. The molecule has 9 nitrogen and oxygen atoms in total. The fraction of sp³-hybridized carbons (Fsp3) is 0.690. The number of nitrogens with one attached hydrogen (secondary N) is 1. The van der Waals surface area contributed by atoms with Gasteiger partial charge < -0.3 is 25.0 Å². The minimum absolute atomic E-state index is 0.0417. The van der Waals surface area contributed by atoms with Gasteiger partial charge in [0.05, 0.1) is 18.1 Å². The van der Waals surface area contributed by atoms with Crippen molar-refractivity contribution in [2.75, 3.05) is 45.8 Å². The van der Waals surface area contributed by atoms with Crippen LogP contribution in [0, 0.1) is 11.3 Å². The van der Waals surface area contributed by atoms with Gasteiger partial charge in [0.25, 0.3) is 0 Å². The van der Waals surface area contributed by atoms with E-state index in [4.69, 9.17) is 16.3 Å². The zero-order valence-corrected chi connectivity index (χ0v) is 25.2. The van der Waals surface area contributed by atoms with E-state index in [1.54, 1.807) is 21.9 Å². The van der Waals surface area contributed by atoms with E-state index in [1.165, 1.54) is 0 Å². The van der Waals surface area contributed by atoms with Crippen LogP contribution in [-0.4, -0.2) is 95.2 Å². The highest BCUT2D eigenvalue weighted by atomic mass is 35.5. The third kappa shape index (κ3) is 7.64. The Labute approximate surface area is 237 Å². The highest BCUT2D eigenvalue weighted by Gasteiger charge is 2.50. The van der Waals surface area contributed by atoms with E-state index in [2.05, 4.69) is 5.32 Å². The molecule has 2 aliphatic rings. The smallest absolute Gasteiger partial charge is 0.410 e. The summed E-state index contributed by atoms with van der Waals surface area (Å²) in [6.45, 7) is 16.3. The van der Waals surface area contributed by atoms with E-state index in [-0.39, 0.29) is 30.5 Å². The lowest BCUT2D eigenvalue weighted by atomic mass is 9.66. The van der Waals surface area contributed by atoms with Crippen LogP contribution < -0.4 is 5.32 Å². The van der Waals surface area contributed by atoms with Gasteiger partial charge in [-0.3, -0.25) is 14.5 Å². The second-order valence-electron chi connectivity index (χ2n) is 12.6. The van der Waals surface area contributed by atoms with Gasteiger partial charge in [0.2, 0.25) is 11.8 Å². The Hall–Kier alpha value is -2.36. The van der Waals surface area contributed by atoms with Crippen LogP contribution >= 0.6 is 11.6 Å². The van der Waals surface area contributed by atoms with Crippen LogP contribution in [0.5, 0.6) is 0 Å². The number of piperidine rings is 1. The van der Waals surface area contributed by atoms with E-state index in [0.29, 0.717) is 50.7 Å². The Morgan fingerprint density at radius 2 is 1.62 bits per heavy atom. The van der Waals surface area contributed by atoms with Crippen LogP contribution in [0.25, 0.3) is 0 Å². The van der Waals surface area contributed by atoms with Crippen LogP contribution in [0.2, 0.25) is 5.02 Å². The molecule has 2 aliphatic heterocycles. The monoisotopic (exact) mass is 564 g/mol. The Morgan fingerprint density at radius 3 is 2.15 bits per heavy atom. The van der Waals surface area contributed by atoms with Crippen LogP contribution in [0.3, 0.4) is 0 Å². The normalized spacial score (nSPS) is 23.6. The predicted molar refractivity (Wildman–Crippen MR) is 151 cm³/mol. The standard InChI is InChI=1S/C29H45ClN4O5/c1-20(21(2)31-24(35)18-32-14-16-33(17-15-32)26(37)39-27(3,4)5)25(36)34-13-12-29(38,28(6,7)19-34)22-8-10-23(30)11-9-22/h8-11,20-21,38H,12-19H2,1-7H3,(H,31,35)/t20-,21?,29+/m1/s1. The fourth-order valence-electron chi connectivity index (χ4n) is 5.32. The molecule has 0 radical (unpaired) electrons. The SMILES string of the molecule is CC(NC(=O)CN1CCN(C(=O)OC(C)(C)C)CC1)[C@@H](C)C(=O)N1CC[C@](O)(c2ccc(Cl)cc2)C(C)(C)C1. The lowest BCUT2D eigenvalue weighted by Gasteiger charge is -2.51. The fourth-order valence-corrected chi connectivity index (χ4v) is 5.44. The van der Waals surface area contributed by atoms with Gasteiger partial charge in [-0.25, -0.2) is 4.79 Å². The van der Waals surface area contributed by atoms with Crippen molar-refractivity contribution in [1.29, 1.82) is 0 Å². The third-order valence-corrected chi connectivity index (χ3v) is 8.25. The Bertz CT molecular complexity index is 1030. The van der Waals surface area contributed by atoms with Crippen molar-refractivity contribution in [1.82, 2.24) is 20.0 Å². The zero-order chi connectivity index (χ0) is 29.2. The largest absolute Gasteiger partial charge is 0.444 e. The quantitative estimate of drug-likeness (QED) is 0.548. The molecule has 0 saturated carbocycles. The van der Waals surface area contributed by atoms with Crippen molar-refractivity contribution in [2.45, 2.75) is 72.1 Å². The molecule has 2 fully saturated rings. The van der Waals surface area contributed by atoms with Crippen LogP contribution in [0.4, 0.5) is 4.79 Å². The van der Waals surface area contributed by atoms with Gasteiger partial charge in [0.1, 0.15) is 5.60 Å². The molecule has 2 heterocycles. The Kier molecular flexibility index (Phi) is 9.61. The number of hydrogen-bond donors (Lipinski definition) is 2. The van der Waals surface area contributed by atoms with Crippen molar-refractivity contribution in [3.63, 3.8) is 0 Å². The summed E-state index contributed by atoms with van der Waals surface area (Å²) in [5, 5.41) is 15.2. The number of halogens is 1. The lowest BCUT2D eigenvalue weighted by molar-refractivity contribution is -0.156. The second kappa shape index (κ2) is 12.0. The van der Waals surface area contributed by atoms with Crippen molar-refractivity contribution < 1.29 is 24.2 Å². The molecule has 2 N–H and O–H groups in total. The summed E-state index contributed by atoms with van der Waals surface area (Å²) in [5.74, 6) is -0.612. The summed E-state index contributed by atoms with van der Waals surface area (Å²) in [6, 6.07) is 6.89. The number of carbonyl (C=O) groups is 3. The molecule has 3 amide bonds. The summed E-state index contributed by atoms with van der Waals surface area (Å²) in [4.78, 5) is 43.9. The molecule has 10 heteroatoms. The summed E-state index contributed by atoms with van der Waals surface area (Å²) in [5.41, 5.74) is -1.40. The number of ether oxygens (including phenoxy) is 1. The lowest BCUT2D eigenvalue weighted by Crippen LogP contribution is -2.58. The number of rotatable bonds is 6. The number of hydrogen-bond acceptors (Lipinski definition) is 6. The first-order valence-corrected chi connectivity index (χ1v) is 14.2. The second-order valence-corrected chi connectivity index (χ2v) is 13.1. The van der Waals surface area contributed by atoms with Gasteiger partial charge in [-0.1, -0.05) is 44.5 Å². The van der Waals surface area contributed by atoms with Crippen molar-refractivity contribution in [2.24, 2.45) is 11.3 Å². The Morgan fingerprint density at radius 1 is 1.03 bits per heavy atom. The van der Waals surface area contributed by atoms with Gasteiger partial charge in [-0.15, -0.1) is 0 Å². The molecule has 3 rings (SSSR count). The molecule has 1 aromatic rings. The van der Waals surface area contributed by atoms with Crippen molar-refractivity contribution >= 4 is 29.5 Å². The number of benzene rings is 1. The molecule has 0 aromatic heterocycles. The van der Waals surface area contributed by atoms with E-state index in [1.807, 2.05) is 65.5 Å². The molecule has 2 saturated heterocycles. The highest BCUT2D eigenvalue weighted by Crippen LogP contribution is 2.46. The Balaban J connectivity index is 1.49. The molecule has 0 aliphatic carbocycles. The average Bonchev–Trinajstić information content (AvgIpc) is 2.84. The third-order valence-electron chi connectivity index (χ3n) is 8.00. The summed E-state index contributed by atoms with van der Waals surface area (Å²) >= 11 is 6.04. The van der Waals surface area contributed by atoms with Crippen molar-refractivity contribution in [3.8, 4) is 0 Å². The van der Waals surface area contributed by atoms with E-state index >= 15 is 0 Å². The number of piperazine rings is 1. The predicted octanol–water partition coefficient (Wildman–Crippen LogP) is 3.48. The average molecular weight is 565 g/mol. The molecular weight excluding hydrogens is 520 g/mol. The molecular formula is C29H45ClN4O5. The van der Waals surface area contributed by atoms with Gasteiger partial charge in [-0.05, 0) is 51.8 Å². The molecule has 1 aromatic carbocycles. The zero-order valence-electron chi connectivity index (χ0n) is 24.4. The first kappa shape index (κ1) is 31.2. The maximum Gasteiger partial charge on any atom is 0.410 e. The number of amides is 3. The van der Waals surface area contributed by atoms with Crippen LogP contribution in [-0.2, 0) is 19.9 Å². The van der Waals surface area contributed by atoms with Gasteiger partial charge in [-0.2, -0.15) is 0 Å². The van der Waals surface area contributed by atoms with Crippen LogP contribution in [0.15, 0.2) is 24.3 Å². The summed E-state index contributed by atoms with van der Waals surface area (Å²) in [6.07, 6.45) is 0.0795. The number of likely N-dealkylation sites (tertiary alicyclic amines) is 1. The van der Waals surface area contributed by atoms with Crippen LogP contribution in [0.1, 0.15) is 60.5 Å². The highest BCUT2D eigenvalue weighted by molar-refractivity contribution is 6.30. The summed E-state index contributed by atoms with van der Waals surface area (Å²) < 4.78 is 5.43. The first-order valence-electron chi connectivity index (χ1n) is 13.8. The van der Waals surface area contributed by atoms with E-state index in [9.17, 15) is 19.5 Å². The molecule has 39 heavy (non-hydrogen) atoms. The summed E-state index contributed by atoms with van der Waals surface area (Å²) in [7, 11) is 0. The topological polar surface area (TPSA) is 102 Å². The number of nitrogens with zero attached hydrogens (tertiary/aromatic N) is 3. The molecule has 0 spiro atoms.